The van der Waals surface area contributed by atoms with Gasteiger partial charge >= 0.3 is 0 Å². The van der Waals surface area contributed by atoms with Crippen molar-refractivity contribution in [2.45, 2.75) is 6.42 Å². The summed E-state index contributed by atoms with van der Waals surface area (Å²) in [5.74, 6) is -0.214. The molecule has 0 aliphatic carbocycles. The van der Waals surface area contributed by atoms with Gasteiger partial charge in [0, 0.05) is 41.5 Å². The van der Waals surface area contributed by atoms with E-state index in [0.717, 1.165) is 19.5 Å². The van der Waals surface area contributed by atoms with Crippen molar-refractivity contribution in [3.63, 3.8) is 0 Å². The second-order valence-corrected chi connectivity index (χ2v) is 8.98. The molecule has 1 aromatic heterocycles. The molecule has 2 amide bonds. The molecule has 0 saturated carbocycles. The highest BCUT2D eigenvalue weighted by Gasteiger charge is 2.25. The Hall–Kier alpha value is -3.42. The van der Waals surface area contributed by atoms with Crippen LogP contribution < -0.4 is 5.32 Å². The molecule has 0 atom stereocenters. The van der Waals surface area contributed by atoms with Gasteiger partial charge in [-0.2, -0.15) is 0 Å². The van der Waals surface area contributed by atoms with Gasteiger partial charge in [-0.05, 0) is 74.6 Å². The standard InChI is InChI=1S/C26H23ClFN3O3/c1-30-9-2-10-31(12-11-30)26(33)16-3-6-22(28)21(13-16)24-8-5-18(34-24)15-20-19-14-17(27)4-7-23(19)29-25(20)32/h3-8,13-15H,2,9-12H2,1H3,(H,29,32)/b20-15+. The molecule has 0 unspecified atom stereocenters. The third kappa shape index (κ3) is 4.36. The van der Waals surface area contributed by atoms with Crippen molar-refractivity contribution >= 4 is 40.8 Å². The monoisotopic (exact) mass is 479 g/mol. The van der Waals surface area contributed by atoms with E-state index < -0.39 is 5.82 Å². The zero-order valence-corrected chi connectivity index (χ0v) is 19.4. The lowest BCUT2D eigenvalue weighted by Crippen LogP contribution is -2.34. The summed E-state index contributed by atoms with van der Waals surface area (Å²) >= 11 is 6.09. The second-order valence-electron chi connectivity index (χ2n) is 8.55. The van der Waals surface area contributed by atoms with Crippen LogP contribution in [-0.2, 0) is 4.79 Å². The molecule has 1 N–H and O–H groups in total. The Labute approximate surface area is 201 Å². The number of anilines is 1. The average molecular weight is 480 g/mol. The summed E-state index contributed by atoms with van der Waals surface area (Å²) in [6.07, 6.45) is 2.50. The zero-order valence-electron chi connectivity index (χ0n) is 18.6. The zero-order chi connectivity index (χ0) is 23.8. The number of nitrogens with one attached hydrogen (secondary N) is 1. The van der Waals surface area contributed by atoms with Crippen LogP contribution in [0, 0.1) is 5.82 Å². The van der Waals surface area contributed by atoms with Gasteiger partial charge in [0.15, 0.2) is 0 Å². The molecule has 8 heteroatoms. The van der Waals surface area contributed by atoms with Gasteiger partial charge in [-0.25, -0.2) is 4.39 Å². The van der Waals surface area contributed by atoms with Crippen molar-refractivity contribution in [2.24, 2.45) is 0 Å². The van der Waals surface area contributed by atoms with E-state index in [1.54, 1.807) is 41.3 Å². The summed E-state index contributed by atoms with van der Waals surface area (Å²) in [5.41, 5.74) is 2.37. The highest BCUT2D eigenvalue weighted by atomic mass is 35.5. The number of carbonyl (C=O) groups is 2. The Morgan fingerprint density at radius 1 is 1.06 bits per heavy atom. The Balaban J connectivity index is 1.43. The Morgan fingerprint density at radius 3 is 2.76 bits per heavy atom. The molecular formula is C26H23ClFN3O3. The summed E-state index contributed by atoms with van der Waals surface area (Å²) in [6, 6.07) is 12.8. The predicted octanol–water partition coefficient (Wildman–Crippen LogP) is 5.01. The predicted molar refractivity (Wildman–Crippen MR) is 130 cm³/mol. The van der Waals surface area contributed by atoms with E-state index in [4.69, 9.17) is 16.0 Å². The number of carbonyl (C=O) groups excluding carboxylic acids is 2. The number of furan rings is 1. The molecule has 34 heavy (non-hydrogen) atoms. The number of hydrogen-bond acceptors (Lipinski definition) is 4. The van der Waals surface area contributed by atoms with Gasteiger partial charge < -0.3 is 19.5 Å². The summed E-state index contributed by atoms with van der Waals surface area (Å²) in [7, 11) is 2.04. The van der Waals surface area contributed by atoms with E-state index in [2.05, 4.69) is 10.2 Å². The lowest BCUT2D eigenvalue weighted by molar-refractivity contribution is -0.110. The first-order valence-corrected chi connectivity index (χ1v) is 11.5. The van der Waals surface area contributed by atoms with Gasteiger partial charge in [0.2, 0.25) is 0 Å². The number of fused-ring (bicyclic) bond motifs is 1. The number of halogens is 2. The average Bonchev–Trinajstić information content (AvgIpc) is 3.33. The van der Waals surface area contributed by atoms with Crippen molar-refractivity contribution < 1.29 is 18.4 Å². The SMILES string of the molecule is CN1CCCN(C(=O)c2ccc(F)c(-c3ccc(/C=C4/C(=O)Nc5ccc(Cl)cc54)o3)c2)CC1. The third-order valence-electron chi connectivity index (χ3n) is 6.16. The quantitative estimate of drug-likeness (QED) is 0.536. The molecule has 6 nitrogen and oxygen atoms in total. The van der Waals surface area contributed by atoms with E-state index in [-0.39, 0.29) is 23.1 Å². The summed E-state index contributed by atoms with van der Waals surface area (Å²) in [5, 5.41) is 3.30. The fourth-order valence-corrected chi connectivity index (χ4v) is 4.47. The third-order valence-corrected chi connectivity index (χ3v) is 6.40. The molecule has 0 radical (unpaired) electrons. The van der Waals surface area contributed by atoms with E-state index in [1.807, 2.05) is 7.05 Å². The Morgan fingerprint density at radius 2 is 1.91 bits per heavy atom. The summed E-state index contributed by atoms with van der Waals surface area (Å²) < 4.78 is 20.6. The number of hydrogen-bond donors (Lipinski definition) is 1. The van der Waals surface area contributed by atoms with Gasteiger partial charge in [-0.3, -0.25) is 9.59 Å². The first-order chi connectivity index (χ1) is 16.4. The van der Waals surface area contributed by atoms with Crippen LogP contribution in [0.2, 0.25) is 5.02 Å². The molecule has 3 aromatic rings. The molecule has 2 aliphatic rings. The Bertz CT molecular complexity index is 1320. The van der Waals surface area contributed by atoms with Crippen molar-refractivity contribution in [2.75, 3.05) is 38.5 Å². The first-order valence-electron chi connectivity index (χ1n) is 11.1. The first kappa shape index (κ1) is 22.4. The van der Waals surface area contributed by atoms with Gasteiger partial charge in [0.1, 0.15) is 17.3 Å². The minimum Gasteiger partial charge on any atom is -0.457 e. The van der Waals surface area contributed by atoms with E-state index in [0.29, 0.717) is 46.3 Å². The molecule has 2 aliphatic heterocycles. The molecule has 1 saturated heterocycles. The van der Waals surface area contributed by atoms with Crippen molar-refractivity contribution in [1.29, 1.82) is 0 Å². The number of rotatable bonds is 3. The largest absolute Gasteiger partial charge is 0.457 e. The van der Waals surface area contributed by atoms with Crippen LogP contribution in [0.15, 0.2) is 52.9 Å². The maximum atomic E-state index is 14.7. The van der Waals surface area contributed by atoms with Gasteiger partial charge in [-0.1, -0.05) is 11.6 Å². The molecule has 1 fully saturated rings. The summed E-state index contributed by atoms with van der Waals surface area (Å²) in [6.45, 7) is 3.05. The lowest BCUT2D eigenvalue weighted by atomic mass is 10.1. The fraction of sp³-hybridized carbons (Fsp3) is 0.231. The molecule has 2 aromatic carbocycles. The van der Waals surface area contributed by atoms with Gasteiger partial charge in [0.25, 0.3) is 11.8 Å². The highest BCUT2D eigenvalue weighted by Crippen LogP contribution is 2.36. The normalized spacial score (nSPS) is 17.6. The minimum absolute atomic E-state index is 0.124. The maximum absolute atomic E-state index is 14.7. The minimum atomic E-state index is -0.489. The van der Waals surface area contributed by atoms with Crippen LogP contribution in [-0.4, -0.2) is 54.8 Å². The molecule has 174 valence electrons. The van der Waals surface area contributed by atoms with Crippen LogP contribution in [0.3, 0.4) is 0 Å². The van der Waals surface area contributed by atoms with Gasteiger partial charge in [0.05, 0.1) is 11.1 Å². The highest BCUT2D eigenvalue weighted by molar-refractivity contribution is 6.36. The number of nitrogens with zero attached hydrogens (tertiary/aromatic N) is 2. The van der Waals surface area contributed by atoms with Crippen molar-refractivity contribution in [3.8, 4) is 11.3 Å². The Kier molecular flexibility index (Phi) is 5.98. The maximum Gasteiger partial charge on any atom is 0.256 e. The topological polar surface area (TPSA) is 65.8 Å². The second kappa shape index (κ2) is 9.08. The molecule has 0 bridgehead atoms. The van der Waals surface area contributed by atoms with Gasteiger partial charge in [-0.15, -0.1) is 0 Å². The molecule has 5 rings (SSSR count). The molecule has 3 heterocycles. The van der Waals surface area contributed by atoms with Crippen LogP contribution in [0.5, 0.6) is 0 Å². The number of likely N-dealkylation sites (N-methyl/N-ethyl adjacent to an activating group) is 1. The van der Waals surface area contributed by atoms with E-state index in [1.165, 1.54) is 18.2 Å². The van der Waals surface area contributed by atoms with E-state index in [9.17, 15) is 14.0 Å². The number of amides is 2. The molecular weight excluding hydrogens is 457 g/mol. The van der Waals surface area contributed by atoms with Crippen LogP contribution in [0.4, 0.5) is 10.1 Å². The van der Waals surface area contributed by atoms with Crippen molar-refractivity contribution in [3.05, 3.63) is 76.3 Å². The van der Waals surface area contributed by atoms with Crippen LogP contribution in [0.25, 0.3) is 23.0 Å². The number of benzene rings is 2. The van der Waals surface area contributed by atoms with Crippen LogP contribution in [0.1, 0.15) is 28.1 Å². The smallest absolute Gasteiger partial charge is 0.256 e. The fourth-order valence-electron chi connectivity index (χ4n) is 4.30. The summed E-state index contributed by atoms with van der Waals surface area (Å²) in [4.78, 5) is 29.5. The molecule has 0 spiro atoms. The van der Waals surface area contributed by atoms with Crippen LogP contribution >= 0.6 is 11.6 Å². The van der Waals surface area contributed by atoms with E-state index >= 15 is 0 Å². The lowest BCUT2D eigenvalue weighted by Gasteiger charge is -2.21. The van der Waals surface area contributed by atoms with Crippen molar-refractivity contribution in [1.82, 2.24) is 9.80 Å².